The summed E-state index contributed by atoms with van der Waals surface area (Å²) in [6.07, 6.45) is 3.99. The Morgan fingerprint density at radius 3 is 2.56 bits per heavy atom. The number of pyridine rings is 1. The summed E-state index contributed by atoms with van der Waals surface area (Å²) < 4.78 is 0. The molecule has 1 aromatic heterocycles. The molecule has 0 aliphatic rings. The maximum absolute atomic E-state index is 6.13. The fourth-order valence-electron chi connectivity index (χ4n) is 2.55. The zero-order valence-corrected chi connectivity index (χ0v) is 11.4. The van der Waals surface area contributed by atoms with Gasteiger partial charge in [0.05, 0.1) is 23.1 Å². The van der Waals surface area contributed by atoms with Crippen LogP contribution in [0.5, 0.6) is 0 Å². The number of fused-ring (bicyclic) bond motifs is 1. The monoisotopic (exact) mass is 243 g/mol. The predicted molar refractivity (Wildman–Crippen MR) is 78.9 cm³/mol. The van der Waals surface area contributed by atoms with Crippen LogP contribution in [-0.2, 0) is 0 Å². The minimum absolute atomic E-state index is 0.512. The molecule has 2 N–H and O–H groups in total. The summed E-state index contributed by atoms with van der Waals surface area (Å²) in [6.45, 7) is 4.43. The summed E-state index contributed by atoms with van der Waals surface area (Å²) in [5.74, 6) is 0. The summed E-state index contributed by atoms with van der Waals surface area (Å²) in [4.78, 5) is 6.67. The molecule has 1 aromatic carbocycles. The molecule has 18 heavy (non-hydrogen) atoms. The average Bonchev–Trinajstić information content (AvgIpc) is 2.39. The molecule has 0 radical (unpaired) electrons. The highest BCUT2D eigenvalue weighted by Crippen LogP contribution is 2.32. The second-order valence-electron chi connectivity index (χ2n) is 4.66. The molecule has 1 heterocycles. The third-order valence-electron chi connectivity index (χ3n) is 3.62. The van der Waals surface area contributed by atoms with Gasteiger partial charge in [-0.1, -0.05) is 32.0 Å². The van der Waals surface area contributed by atoms with E-state index in [0.29, 0.717) is 6.04 Å². The van der Waals surface area contributed by atoms with Crippen LogP contribution in [0, 0.1) is 0 Å². The Hall–Kier alpha value is -1.77. The molecule has 0 bridgehead atoms. The van der Waals surface area contributed by atoms with Crippen molar-refractivity contribution in [3.8, 4) is 0 Å². The topological polar surface area (TPSA) is 42.1 Å². The molecule has 0 spiro atoms. The Bertz CT molecular complexity index is 532. The molecule has 2 rings (SSSR count). The van der Waals surface area contributed by atoms with E-state index in [1.165, 1.54) is 0 Å². The normalized spacial score (nSPS) is 11.1. The zero-order valence-electron chi connectivity index (χ0n) is 11.4. The van der Waals surface area contributed by atoms with Crippen LogP contribution >= 0.6 is 0 Å². The lowest BCUT2D eigenvalue weighted by molar-refractivity contribution is 0.593. The van der Waals surface area contributed by atoms with E-state index >= 15 is 0 Å². The molecule has 0 saturated carbocycles. The number of rotatable bonds is 4. The minimum atomic E-state index is 0.512. The Morgan fingerprint density at radius 1 is 1.22 bits per heavy atom. The van der Waals surface area contributed by atoms with Gasteiger partial charge in [-0.2, -0.15) is 0 Å². The first-order valence-corrected chi connectivity index (χ1v) is 6.55. The number of nitrogens with two attached hydrogens (primary N) is 1. The predicted octanol–water partition coefficient (Wildman–Crippen LogP) is 3.44. The average molecular weight is 243 g/mol. The summed E-state index contributed by atoms with van der Waals surface area (Å²) >= 11 is 0. The smallest absolute Gasteiger partial charge is 0.0745 e. The van der Waals surface area contributed by atoms with E-state index in [4.69, 9.17) is 5.73 Å². The van der Waals surface area contributed by atoms with Gasteiger partial charge in [-0.05, 0) is 18.9 Å². The number of hydrogen-bond donors (Lipinski definition) is 1. The van der Waals surface area contributed by atoms with Crippen molar-refractivity contribution in [3.63, 3.8) is 0 Å². The van der Waals surface area contributed by atoms with E-state index in [1.54, 1.807) is 6.20 Å². The van der Waals surface area contributed by atoms with Crippen molar-refractivity contribution in [2.75, 3.05) is 17.7 Å². The van der Waals surface area contributed by atoms with Crippen LogP contribution in [0.2, 0.25) is 0 Å². The van der Waals surface area contributed by atoms with Gasteiger partial charge in [0.2, 0.25) is 0 Å². The van der Waals surface area contributed by atoms with E-state index in [2.05, 4.69) is 36.8 Å². The molecule has 3 nitrogen and oxygen atoms in total. The quantitative estimate of drug-likeness (QED) is 0.894. The van der Waals surface area contributed by atoms with Gasteiger partial charge < -0.3 is 10.6 Å². The molecule has 0 aliphatic carbocycles. The maximum Gasteiger partial charge on any atom is 0.0745 e. The zero-order chi connectivity index (χ0) is 13.1. The highest BCUT2D eigenvalue weighted by Gasteiger charge is 2.16. The third-order valence-corrected chi connectivity index (χ3v) is 3.62. The van der Waals surface area contributed by atoms with Crippen molar-refractivity contribution in [2.45, 2.75) is 32.7 Å². The third kappa shape index (κ3) is 2.13. The lowest BCUT2D eigenvalue weighted by Gasteiger charge is -2.30. The van der Waals surface area contributed by atoms with Gasteiger partial charge in [-0.3, -0.25) is 4.98 Å². The number of para-hydroxylation sites is 1. The van der Waals surface area contributed by atoms with E-state index in [-0.39, 0.29) is 0 Å². The lowest BCUT2D eigenvalue weighted by Crippen LogP contribution is -2.31. The summed E-state index contributed by atoms with van der Waals surface area (Å²) in [6, 6.07) is 8.67. The van der Waals surface area contributed by atoms with Crippen molar-refractivity contribution in [2.24, 2.45) is 0 Å². The second-order valence-corrected chi connectivity index (χ2v) is 4.66. The van der Waals surface area contributed by atoms with Crippen molar-refractivity contribution in [1.29, 1.82) is 0 Å². The van der Waals surface area contributed by atoms with Crippen LogP contribution in [0.3, 0.4) is 0 Å². The Labute approximate surface area is 109 Å². The van der Waals surface area contributed by atoms with Crippen LogP contribution in [0.25, 0.3) is 10.9 Å². The first-order valence-electron chi connectivity index (χ1n) is 6.55. The number of benzene rings is 1. The van der Waals surface area contributed by atoms with Crippen molar-refractivity contribution >= 4 is 22.3 Å². The fourth-order valence-corrected chi connectivity index (χ4v) is 2.55. The van der Waals surface area contributed by atoms with Gasteiger partial charge >= 0.3 is 0 Å². The van der Waals surface area contributed by atoms with Gasteiger partial charge in [0.25, 0.3) is 0 Å². The first kappa shape index (κ1) is 12.7. The van der Waals surface area contributed by atoms with Crippen molar-refractivity contribution < 1.29 is 0 Å². The van der Waals surface area contributed by atoms with E-state index in [9.17, 15) is 0 Å². The minimum Gasteiger partial charge on any atom is -0.396 e. The number of nitrogens with zero attached hydrogens (tertiary/aromatic N) is 2. The molecule has 0 amide bonds. The summed E-state index contributed by atoms with van der Waals surface area (Å²) in [5.41, 5.74) is 8.99. The standard InChI is InChI=1S/C15H21N3/c1-4-11(5-2)18(3)15-12-8-6-7-9-14(12)17-10-13(15)16/h6-11H,4-5,16H2,1-3H3. The van der Waals surface area contributed by atoms with Crippen LogP contribution < -0.4 is 10.6 Å². The maximum atomic E-state index is 6.13. The molecule has 0 unspecified atom stereocenters. The highest BCUT2D eigenvalue weighted by molar-refractivity contribution is 5.97. The first-order chi connectivity index (χ1) is 8.69. The van der Waals surface area contributed by atoms with Crippen LogP contribution in [0.4, 0.5) is 11.4 Å². The molecular formula is C15H21N3. The number of anilines is 2. The van der Waals surface area contributed by atoms with Crippen LogP contribution in [0.1, 0.15) is 26.7 Å². The lowest BCUT2D eigenvalue weighted by atomic mass is 10.1. The molecule has 3 heteroatoms. The molecule has 0 fully saturated rings. The summed E-state index contributed by atoms with van der Waals surface area (Å²) in [7, 11) is 2.12. The van der Waals surface area contributed by atoms with Crippen molar-refractivity contribution in [3.05, 3.63) is 30.5 Å². The van der Waals surface area contributed by atoms with Gasteiger partial charge in [0.15, 0.2) is 0 Å². The number of hydrogen-bond acceptors (Lipinski definition) is 3. The second kappa shape index (κ2) is 5.25. The highest BCUT2D eigenvalue weighted by atomic mass is 15.1. The number of aromatic nitrogens is 1. The van der Waals surface area contributed by atoms with E-state index in [1.807, 2.05) is 18.2 Å². The molecular weight excluding hydrogens is 222 g/mol. The van der Waals surface area contributed by atoms with Gasteiger partial charge in [0, 0.05) is 18.5 Å². The van der Waals surface area contributed by atoms with Crippen LogP contribution in [-0.4, -0.2) is 18.1 Å². The Kier molecular flexibility index (Phi) is 3.70. The van der Waals surface area contributed by atoms with E-state index in [0.717, 1.165) is 35.1 Å². The van der Waals surface area contributed by atoms with E-state index < -0.39 is 0 Å². The largest absolute Gasteiger partial charge is 0.396 e. The molecule has 96 valence electrons. The molecule has 0 saturated heterocycles. The van der Waals surface area contributed by atoms with Crippen molar-refractivity contribution in [1.82, 2.24) is 4.98 Å². The van der Waals surface area contributed by atoms with Gasteiger partial charge in [-0.15, -0.1) is 0 Å². The summed E-state index contributed by atoms with van der Waals surface area (Å²) in [5, 5.41) is 1.13. The van der Waals surface area contributed by atoms with Gasteiger partial charge in [-0.25, -0.2) is 0 Å². The molecule has 0 aliphatic heterocycles. The van der Waals surface area contributed by atoms with Crippen LogP contribution in [0.15, 0.2) is 30.5 Å². The molecule has 0 atom stereocenters. The molecule has 2 aromatic rings. The van der Waals surface area contributed by atoms with Gasteiger partial charge in [0.1, 0.15) is 0 Å². The number of nitrogen functional groups attached to an aromatic ring is 1. The SMILES string of the molecule is CCC(CC)N(C)c1c(N)cnc2ccccc12. The fraction of sp³-hybridized carbons (Fsp3) is 0.400. The Balaban J connectivity index is 2.58. The Morgan fingerprint density at radius 2 is 1.89 bits per heavy atom.